The van der Waals surface area contributed by atoms with Crippen molar-refractivity contribution in [3.63, 3.8) is 0 Å². The average molecular weight is 936 g/mol. The molecule has 8 nitrogen and oxygen atoms in total. The molecule has 6 rings (SSSR count). The van der Waals surface area contributed by atoms with E-state index in [9.17, 15) is 3.02 Å². The molecule has 4 aromatic rings. The molecule has 2 saturated heterocycles. The van der Waals surface area contributed by atoms with Gasteiger partial charge in [-0.25, -0.2) is 0 Å². The molecule has 11 heteroatoms. The van der Waals surface area contributed by atoms with E-state index >= 15 is 0 Å². The van der Waals surface area contributed by atoms with Crippen LogP contribution in [0.25, 0.3) is 0 Å². The monoisotopic (exact) mass is 934 g/mol. The van der Waals surface area contributed by atoms with Crippen LogP contribution in [0.4, 0.5) is 3.02 Å². The first kappa shape index (κ1) is 43.3. The van der Waals surface area contributed by atoms with Crippen molar-refractivity contribution < 1.29 is 62.5 Å². The molecule has 2 aliphatic rings. The first-order chi connectivity index (χ1) is 26.1. The maximum atomic E-state index is 9.31. The van der Waals surface area contributed by atoms with E-state index in [2.05, 4.69) is 53.4 Å². The summed E-state index contributed by atoms with van der Waals surface area (Å²) in [6, 6.07) is 40.5. The van der Waals surface area contributed by atoms with E-state index in [1.54, 1.807) is 14.2 Å². The molecule has 0 aromatic heterocycles. The summed E-state index contributed by atoms with van der Waals surface area (Å²) in [5.74, 6) is 0.548. The first-order valence-electron chi connectivity index (χ1n) is 17.4. The zero-order valence-corrected chi connectivity index (χ0v) is 33.7. The number of hydrogen-bond acceptors (Lipinski definition) is 8. The molecule has 290 valence electrons. The van der Waals surface area contributed by atoms with Gasteiger partial charge in [0.05, 0.1) is 44.7 Å². The van der Waals surface area contributed by atoms with Crippen LogP contribution in [0.3, 0.4) is 0 Å². The van der Waals surface area contributed by atoms with Crippen molar-refractivity contribution in [2.75, 3.05) is 18.6 Å². The van der Waals surface area contributed by atoms with Crippen LogP contribution >= 0.6 is 22.6 Å². The predicted octanol–water partition coefficient (Wildman–Crippen LogP) is 8.84. The summed E-state index contributed by atoms with van der Waals surface area (Å²) in [6.45, 7) is 6.10. The number of hydrogen-bond donors (Lipinski definition) is 0. The van der Waals surface area contributed by atoms with Gasteiger partial charge < -0.3 is 37.9 Å². The van der Waals surface area contributed by atoms with Gasteiger partial charge in [0, 0.05) is 31.5 Å². The topological polar surface area (TPSA) is 73.8 Å². The molecular formula is C42H49AgFIO8. The summed E-state index contributed by atoms with van der Waals surface area (Å²) in [4.78, 5) is 0. The standard InChI is InChI=1S/C21H25IO4.C21H24O4.Ag.FH/c1-23-20-12-18(24-14-16-8-4-2-5-9-16)21(19(13-22)26-20)25-15-17-10-6-3-7-11-17;1-16-21(24-15-18-11-7-4-8-12-18)19(13-20(22-2)25-16)23-14-17-9-5-3-6-10-17;;/h2-11,18-21H,12-15H2,1H3;3-12,19-21H,1,13-15H2,2H3;;1H/q;;+1;/p-1. The van der Waals surface area contributed by atoms with Crippen LogP contribution in [0.2, 0.25) is 0 Å². The van der Waals surface area contributed by atoms with Gasteiger partial charge in [0.2, 0.25) is 6.29 Å². The Morgan fingerprint density at radius 3 is 1.43 bits per heavy atom. The molecule has 0 saturated carbocycles. The van der Waals surface area contributed by atoms with Gasteiger partial charge in [-0.05, 0) is 22.3 Å². The Balaban J connectivity index is 0.000000226. The summed E-state index contributed by atoms with van der Waals surface area (Å²) in [5, 5.41) is 0. The molecule has 7 atom stereocenters. The van der Waals surface area contributed by atoms with E-state index in [1.807, 2.05) is 97.1 Å². The zero-order valence-electron chi connectivity index (χ0n) is 30.1. The average Bonchev–Trinajstić information content (AvgIpc) is 3.23. The fourth-order valence-corrected chi connectivity index (χ4v) is 6.64. The Morgan fingerprint density at radius 2 is 1.00 bits per heavy atom. The van der Waals surface area contributed by atoms with Crippen LogP contribution in [0.5, 0.6) is 0 Å². The van der Waals surface area contributed by atoms with E-state index in [0.29, 0.717) is 45.0 Å². The van der Waals surface area contributed by atoms with E-state index in [4.69, 9.17) is 37.9 Å². The van der Waals surface area contributed by atoms with Gasteiger partial charge in [0.15, 0.2) is 6.29 Å². The van der Waals surface area contributed by atoms with Gasteiger partial charge in [0.25, 0.3) is 0 Å². The number of ether oxygens (including phenoxy) is 8. The molecule has 2 fully saturated rings. The second-order valence-corrected chi connectivity index (χ2v) is 13.2. The van der Waals surface area contributed by atoms with Crippen molar-refractivity contribution in [1.29, 1.82) is 0 Å². The Labute approximate surface area is 340 Å². The molecule has 4 aromatic carbocycles. The fraction of sp³-hybridized carbons (Fsp3) is 0.381. The van der Waals surface area contributed by atoms with Gasteiger partial charge in [-0.2, -0.15) is 0 Å². The molecule has 0 amide bonds. The number of methoxy groups -OCH3 is 2. The molecule has 0 N–H and O–H groups in total. The van der Waals surface area contributed by atoms with Gasteiger partial charge in [0.1, 0.15) is 18.0 Å². The normalized spacial score (nSPS) is 23.8. The molecule has 7 unspecified atom stereocenters. The third kappa shape index (κ3) is 14.6. The third-order valence-electron chi connectivity index (χ3n) is 8.70. The summed E-state index contributed by atoms with van der Waals surface area (Å²) < 4.78 is 57.4. The van der Waals surface area contributed by atoms with E-state index < -0.39 is 0 Å². The van der Waals surface area contributed by atoms with Gasteiger partial charge >= 0.3 is 24.6 Å². The second-order valence-electron chi connectivity index (χ2n) is 12.4. The van der Waals surface area contributed by atoms with Crippen LogP contribution in [0.15, 0.2) is 134 Å². The summed E-state index contributed by atoms with van der Waals surface area (Å²) in [6.07, 6.45) is -0.0987. The maximum absolute atomic E-state index is 9.31. The molecule has 2 aliphatic heterocycles. The van der Waals surface area contributed by atoms with Crippen LogP contribution < -0.4 is 0 Å². The Kier molecular flexibility index (Phi) is 20.3. The Hall–Kier alpha value is -2.46. The van der Waals surface area contributed by atoms with Gasteiger partial charge in [-0.15, -0.1) is 0 Å². The summed E-state index contributed by atoms with van der Waals surface area (Å²) in [7, 11) is 3.30. The number of benzene rings is 4. The molecule has 0 radical (unpaired) electrons. The molecule has 0 spiro atoms. The van der Waals surface area contributed by atoms with Crippen LogP contribution in [-0.4, -0.2) is 61.7 Å². The Bertz CT molecular complexity index is 1540. The number of alkyl halides is 1. The van der Waals surface area contributed by atoms with Gasteiger partial charge in [-0.1, -0.05) is 150 Å². The molecular weight excluding hydrogens is 886 g/mol. The number of rotatable bonds is 15. The van der Waals surface area contributed by atoms with E-state index in [-0.39, 0.29) is 43.1 Å². The fourth-order valence-electron chi connectivity index (χ4n) is 5.93. The molecule has 53 heavy (non-hydrogen) atoms. The van der Waals surface area contributed by atoms with E-state index in [0.717, 1.165) is 26.7 Å². The van der Waals surface area contributed by atoms with Crippen LogP contribution in [0.1, 0.15) is 35.1 Å². The van der Waals surface area contributed by atoms with Crippen molar-refractivity contribution in [3.8, 4) is 0 Å². The minimum absolute atomic E-state index is 0.0567. The second kappa shape index (κ2) is 24.8. The zero-order chi connectivity index (χ0) is 37.7. The van der Waals surface area contributed by atoms with Crippen LogP contribution in [0, 0.1) is 0 Å². The van der Waals surface area contributed by atoms with E-state index in [1.165, 1.54) is 21.6 Å². The quantitative estimate of drug-likeness (QED) is 0.0666. The molecule has 2 heterocycles. The summed E-state index contributed by atoms with van der Waals surface area (Å²) >= 11 is 3.79. The SMILES string of the molecule is C=C1OC(OC)CC(OCc2ccccc2)C1OCc1ccccc1.COC1CC(OCc2ccccc2)C(OCc2ccccc2)C(CI)O1.[F][Ag]. The molecule has 0 bridgehead atoms. The number of halogens is 2. The van der Waals surface area contributed by atoms with Crippen molar-refractivity contribution in [3.05, 3.63) is 156 Å². The minimum atomic E-state index is -0.357. The summed E-state index contributed by atoms with van der Waals surface area (Å²) in [5.41, 5.74) is 4.53. The van der Waals surface area contributed by atoms with Crippen LogP contribution in [-0.2, 0) is 85.9 Å². The van der Waals surface area contributed by atoms with Crippen molar-refractivity contribution in [2.45, 2.75) is 82.4 Å². The van der Waals surface area contributed by atoms with Crippen molar-refractivity contribution >= 4 is 22.6 Å². The third-order valence-corrected chi connectivity index (χ3v) is 9.56. The molecule has 0 aliphatic carbocycles. The Morgan fingerprint density at radius 1 is 0.604 bits per heavy atom. The van der Waals surface area contributed by atoms with Gasteiger partial charge in [-0.3, -0.25) is 0 Å². The van der Waals surface area contributed by atoms with Crippen molar-refractivity contribution in [1.82, 2.24) is 0 Å². The predicted molar refractivity (Wildman–Crippen MR) is 206 cm³/mol. The van der Waals surface area contributed by atoms with Crippen molar-refractivity contribution in [2.24, 2.45) is 0 Å². The first-order valence-corrected chi connectivity index (χ1v) is 19.5.